The number of anilines is 4. The van der Waals surface area contributed by atoms with Crippen LogP contribution in [0.4, 0.5) is 27.1 Å². The lowest BCUT2D eigenvalue weighted by Gasteiger charge is -2.13. The van der Waals surface area contributed by atoms with Crippen molar-refractivity contribution in [1.82, 2.24) is 4.98 Å². The molecule has 0 aliphatic heterocycles. The Bertz CT molecular complexity index is 1520. The summed E-state index contributed by atoms with van der Waals surface area (Å²) >= 11 is 0. The summed E-state index contributed by atoms with van der Waals surface area (Å²) < 4.78 is 13.8. The van der Waals surface area contributed by atoms with Gasteiger partial charge in [-0.05, 0) is 92.2 Å². The van der Waals surface area contributed by atoms with Gasteiger partial charge in [-0.3, -0.25) is 9.78 Å². The average molecular weight is 478 g/mol. The van der Waals surface area contributed by atoms with E-state index < -0.39 is 0 Å². The van der Waals surface area contributed by atoms with E-state index in [2.05, 4.69) is 32.0 Å². The second-order valence-corrected chi connectivity index (χ2v) is 8.09. The number of fused-ring (bicyclic) bond motifs is 1. The van der Waals surface area contributed by atoms with E-state index in [0.717, 1.165) is 28.3 Å². The highest BCUT2D eigenvalue weighted by atomic mass is 19.1. The Balaban J connectivity index is 1.43. The van der Waals surface area contributed by atoms with Crippen LogP contribution in [0.25, 0.3) is 10.9 Å². The maximum absolute atomic E-state index is 13.8. The lowest BCUT2D eigenvalue weighted by Crippen LogP contribution is -2.12. The van der Waals surface area contributed by atoms with Crippen LogP contribution < -0.4 is 16.0 Å². The van der Waals surface area contributed by atoms with Gasteiger partial charge in [-0.1, -0.05) is 6.42 Å². The zero-order chi connectivity index (χ0) is 25.5. The number of amides is 1. The number of benzene rings is 3. The van der Waals surface area contributed by atoms with Crippen molar-refractivity contribution < 1.29 is 9.18 Å². The molecule has 0 aliphatic carbocycles. The van der Waals surface area contributed by atoms with Crippen molar-refractivity contribution in [2.24, 2.45) is 4.99 Å². The molecular weight excluding hydrogens is 453 g/mol. The number of carbonyl (C=O) groups is 1. The Morgan fingerprint density at radius 1 is 1.00 bits per heavy atom. The van der Waals surface area contributed by atoms with Gasteiger partial charge in [0.05, 0.1) is 5.52 Å². The third-order valence-corrected chi connectivity index (χ3v) is 5.42. The van der Waals surface area contributed by atoms with Crippen molar-refractivity contribution in [3.63, 3.8) is 0 Å². The van der Waals surface area contributed by atoms with Gasteiger partial charge in [0.25, 0.3) is 5.91 Å². The lowest BCUT2D eigenvalue weighted by atomic mass is 10.1. The van der Waals surface area contributed by atoms with Gasteiger partial charge in [0.2, 0.25) is 0 Å². The highest BCUT2D eigenvalue weighted by Gasteiger charge is 2.10. The largest absolute Gasteiger partial charge is 0.359 e. The maximum atomic E-state index is 13.8. The third-order valence-electron chi connectivity index (χ3n) is 5.42. The van der Waals surface area contributed by atoms with Gasteiger partial charge in [-0.2, -0.15) is 0 Å². The predicted molar refractivity (Wildman–Crippen MR) is 145 cm³/mol. The molecule has 1 heterocycles. The normalized spacial score (nSPS) is 11.3. The standard InChI is InChI=1S/C29H24FN5O/c1-4-31-15-13-20(3)33-23-7-9-24(10-8-23)34-29(36)21-5-11-26(19(2)17-21)35-28-14-16-32-27-12-6-22(30)18-25(27)28/h1,5-18,33H,2-3H3,(H,32,35)(H,34,36)/b20-13+,31-15?. The molecule has 1 amide bonds. The van der Waals surface area contributed by atoms with E-state index in [9.17, 15) is 9.18 Å². The van der Waals surface area contributed by atoms with Crippen LogP contribution in [0.15, 0.2) is 89.7 Å². The molecule has 36 heavy (non-hydrogen) atoms. The first kappa shape index (κ1) is 24.2. The van der Waals surface area contributed by atoms with Crippen molar-refractivity contribution in [2.45, 2.75) is 13.8 Å². The molecule has 6 nitrogen and oxygen atoms in total. The van der Waals surface area contributed by atoms with Crippen LogP contribution in [0.3, 0.4) is 0 Å². The number of aliphatic imine (C=N–C) groups is 1. The fourth-order valence-corrected chi connectivity index (χ4v) is 3.62. The molecule has 3 N–H and O–H groups in total. The maximum Gasteiger partial charge on any atom is 0.255 e. The second-order valence-electron chi connectivity index (χ2n) is 8.09. The number of aromatic nitrogens is 1. The number of aryl methyl sites for hydroxylation is 1. The first-order valence-corrected chi connectivity index (χ1v) is 11.2. The van der Waals surface area contributed by atoms with Gasteiger partial charge in [0.15, 0.2) is 0 Å². The van der Waals surface area contributed by atoms with Crippen molar-refractivity contribution in [3.8, 4) is 12.5 Å². The van der Waals surface area contributed by atoms with Crippen molar-refractivity contribution >= 4 is 45.8 Å². The van der Waals surface area contributed by atoms with Gasteiger partial charge in [-0.15, -0.1) is 0 Å². The van der Waals surface area contributed by atoms with E-state index in [-0.39, 0.29) is 11.7 Å². The summed E-state index contributed by atoms with van der Waals surface area (Å²) in [7, 11) is 0. The quantitative estimate of drug-likeness (QED) is 0.206. The SMILES string of the molecule is C#CN=C/C=C(\C)Nc1ccc(NC(=O)c2ccc(Nc3ccnc4ccc(F)cc34)c(C)c2)cc1. The highest BCUT2D eigenvalue weighted by molar-refractivity contribution is 6.05. The van der Waals surface area contributed by atoms with Crippen LogP contribution >= 0.6 is 0 Å². The van der Waals surface area contributed by atoms with Crippen molar-refractivity contribution in [3.05, 3.63) is 102 Å². The van der Waals surface area contributed by atoms with Crippen LogP contribution in [0.2, 0.25) is 0 Å². The zero-order valence-electron chi connectivity index (χ0n) is 19.8. The van der Waals surface area contributed by atoms with Crippen LogP contribution in [0.1, 0.15) is 22.8 Å². The Morgan fingerprint density at radius 3 is 2.47 bits per heavy atom. The molecule has 0 spiro atoms. The fourth-order valence-electron chi connectivity index (χ4n) is 3.62. The van der Waals surface area contributed by atoms with Crippen molar-refractivity contribution in [2.75, 3.05) is 16.0 Å². The van der Waals surface area contributed by atoms with Crippen LogP contribution in [0, 0.1) is 25.2 Å². The summed E-state index contributed by atoms with van der Waals surface area (Å²) in [4.78, 5) is 20.8. The molecule has 4 aromatic rings. The van der Waals surface area contributed by atoms with E-state index in [1.807, 2.05) is 50.2 Å². The minimum atomic E-state index is -0.327. The zero-order valence-corrected chi connectivity index (χ0v) is 19.8. The van der Waals surface area contributed by atoms with Gasteiger partial charge < -0.3 is 16.0 Å². The fraction of sp³-hybridized carbons (Fsp3) is 0.0690. The Kier molecular flexibility index (Phi) is 7.37. The number of pyridine rings is 1. The summed E-state index contributed by atoms with van der Waals surface area (Å²) in [6.07, 6.45) is 10.1. The first-order valence-electron chi connectivity index (χ1n) is 11.2. The van der Waals surface area contributed by atoms with Gasteiger partial charge in [0.1, 0.15) is 5.82 Å². The number of terminal acetylenes is 1. The Morgan fingerprint density at radius 2 is 1.75 bits per heavy atom. The molecule has 3 aromatic carbocycles. The molecule has 0 radical (unpaired) electrons. The van der Waals surface area contributed by atoms with Gasteiger partial charge in [0, 0.05) is 57.9 Å². The predicted octanol–water partition coefficient (Wildman–Crippen LogP) is 6.66. The number of carbonyl (C=O) groups excluding carboxylic acids is 1. The number of nitrogens with one attached hydrogen (secondary N) is 3. The topological polar surface area (TPSA) is 78.4 Å². The van der Waals surface area contributed by atoms with E-state index in [0.29, 0.717) is 22.2 Å². The number of rotatable bonds is 7. The van der Waals surface area contributed by atoms with E-state index in [1.54, 1.807) is 36.7 Å². The number of hydrogen-bond donors (Lipinski definition) is 3. The first-order chi connectivity index (χ1) is 17.4. The summed E-state index contributed by atoms with van der Waals surface area (Å²) in [5.74, 6) is -0.546. The monoisotopic (exact) mass is 477 g/mol. The number of hydrogen-bond acceptors (Lipinski definition) is 5. The molecule has 0 saturated carbocycles. The van der Waals surface area contributed by atoms with Crippen LogP contribution in [-0.2, 0) is 0 Å². The average Bonchev–Trinajstić information content (AvgIpc) is 2.87. The molecule has 0 atom stereocenters. The Hall–Kier alpha value is -4.96. The number of allylic oxidation sites excluding steroid dienone is 2. The summed E-state index contributed by atoms with van der Waals surface area (Å²) in [5, 5.41) is 10.1. The van der Waals surface area contributed by atoms with Crippen LogP contribution in [0.5, 0.6) is 0 Å². The summed E-state index contributed by atoms with van der Waals surface area (Å²) in [6.45, 7) is 3.81. The molecule has 0 saturated heterocycles. The number of nitrogens with zero attached hydrogens (tertiary/aromatic N) is 2. The van der Waals surface area contributed by atoms with Gasteiger partial charge in [-0.25, -0.2) is 9.38 Å². The third kappa shape index (κ3) is 5.93. The van der Waals surface area contributed by atoms with Crippen LogP contribution in [-0.4, -0.2) is 17.1 Å². The van der Waals surface area contributed by atoms with E-state index in [1.165, 1.54) is 12.1 Å². The minimum Gasteiger partial charge on any atom is -0.359 e. The van der Waals surface area contributed by atoms with Crippen molar-refractivity contribution in [1.29, 1.82) is 0 Å². The number of halogens is 1. The molecular formula is C29H24FN5O. The molecule has 7 heteroatoms. The molecule has 178 valence electrons. The van der Waals surface area contributed by atoms with E-state index >= 15 is 0 Å². The molecule has 0 fully saturated rings. The van der Waals surface area contributed by atoms with E-state index in [4.69, 9.17) is 6.42 Å². The smallest absolute Gasteiger partial charge is 0.255 e. The Labute approximate surface area is 209 Å². The molecule has 0 unspecified atom stereocenters. The summed E-state index contributed by atoms with van der Waals surface area (Å²) in [6, 6.07) is 21.2. The summed E-state index contributed by atoms with van der Waals surface area (Å²) in [5.41, 5.74) is 6.06. The molecule has 4 rings (SSSR count). The highest BCUT2D eigenvalue weighted by Crippen LogP contribution is 2.28. The molecule has 0 bridgehead atoms. The molecule has 0 aliphatic rings. The van der Waals surface area contributed by atoms with Gasteiger partial charge >= 0.3 is 0 Å². The lowest BCUT2D eigenvalue weighted by molar-refractivity contribution is 0.102. The minimum absolute atomic E-state index is 0.219. The second kappa shape index (κ2) is 11.0. The molecule has 1 aromatic heterocycles.